The van der Waals surface area contributed by atoms with E-state index in [1.54, 1.807) is 11.3 Å². The van der Waals surface area contributed by atoms with E-state index < -0.39 is 11.4 Å². The van der Waals surface area contributed by atoms with Gasteiger partial charge in [-0.25, -0.2) is 4.98 Å². The molecule has 1 N–H and O–H groups in total. The number of thiazole rings is 1. The summed E-state index contributed by atoms with van der Waals surface area (Å²) >= 11 is 1.68. The summed E-state index contributed by atoms with van der Waals surface area (Å²) in [5, 5.41) is 9.73. The highest BCUT2D eigenvalue weighted by atomic mass is 32.1. The molecular formula is C15H22N2O2S. The molecule has 0 unspecified atom stereocenters. The molecule has 0 aromatic carbocycles. The molecule has 5 heteroatoms. The van der Waals surface area contributed by atoms with Crippen LogP contribution in [0.5, 0.6) is 0 Å². The summed E-state index contributed by atoms with van der Waals surface area (Å²) < 4.78 is 0. The third kappa shape index (κ3) is 2.88. The molecule has 0 bridgehead atoms. The number of carboxylic acid groups (broad SMARTS) is 1. The molecule has 1 saturated carbocycles. The number of hydrogen-bond donors (Lipinski definition) is 1. The Morgan fingerprint density at radius 1 is 1.60 bits per heavy atom. The Kier molecular flexibility index (Phi) is 3.82. The minimum absolute atomic E-state index is 0.502. The second-order valence-corrected chi connectivity index (χ2v) is 7.35. The van der Waals surface area contributed by atoms with Crippen molar-refractivity contribution in [2.45, 2.75) is 45.6 Å². The van der Waals surface area contributed by atoms with E-state index in [9.17, 15) is 9.90 Å². The Hall–Kier alpha value is -0.940. The summed E-state index contributed by atoms with van der Waals surface area (Å²) in [4.78, 5) is 19.7. The van der Waals surface area contributed by atoms with Crippen LogP contribution >= 0.6 is 11.3 Å². The normalized spacial score (nSPS) is 27.6. The van der Waals surface area contributed by atoms with E-state index in [0.717, 1.165) is 38.0 Å². The van der Waals surface area contributed by atoms with Crippen molar-refractivity contribution in [2.24, 2.45) is 11.3 Å². The van der Waals surface area contributed by atoms with Crippen LogP contribution in [0.1, 0.15) is 42.7 Å². The zero-order valence-corrected chi connectivity index (χ0v) is 12.8. The van der Waals surface area contributed by atoms with Crippen LogP contribution in [0.25, 0.3) is 0 Å². The minimum Gasteiger partial charge on any atom is -0.481 e. The molecule has 1 aliphatic heterocycles. The summed E-state index contributed by atoms with van der Waals surface area (Å²) in [7, 11) is 0. The van der Waals surface area contributed by atoms with Gasteiger partial charge in [-0.05, 0) is 38.6 Å². The van der Waals surface area contributed by atoms with E-state index in [1.165, 1.54) is 17.7 Å². The largest absolute Gasteiger partial charge is 0.481 e. The second kappa shape index (κ2) is 5.45. The molecule has 3 rings (SSSR count). The fourth-order valence-electron chi connectivity index (χ4n) is 3.35. The van der Waals surface area contributed by atoms with Gasteiger partial charge in [-0.15, -0.1) is 11.3 Å². The zero-order valence-electron chi connectivity index (χ0n) is 12.0. The molecule has 1 aromatic heterocycles. The predicted octanol–water partition coefficient (Wildman–Crippen LogP) is 2.92. The van der Waals surface area contributed by atoms with E-state index in [4.69, 9.17) is 0 Å². The van der Waals surface area contributed by atoms with Crippen LogP contribution in [0.2, 0.25) is 0 Å². The lowest BCUT2D eigenvalue weighted by Crippen LogP contribution is -2.47. The fourth-order valence-corrected chi connectivity index (χ4v) is 4.16. The summed E-state index contributed by atoms with van der Waals surface area (Å²) in [6.07, 6.45) is 5.17. The molecule has 1 saturated heterocycles. The number of carboxylic acids is 1. The standard InChI is InChI=1S/C15H22N2O2S/c1-11-13(20-10-16-11)8-17-6-2-5-15(9-17,14(18)19)7-12-3-4-12/h10,12H,2-9H2,1H3,(H,18,19)/t15-/m0/s1. The molecule has 0 radical (unpaired) electrons. The Labute approximate surface area is 123 Å². The molecule has 4 nitrogen and oxygen atoms in total. The lowest BCUT2D eigenvalue weighted by atomic mass is 9.75. The first-order valence-electron chi connectivity index (χ1n) is 7.44. The van der Waals surface area contributed by atoms with Crippen molar-refractivity contribution in [1.82, 2.24) is 9.88 Å². The highest BCUT2D eigenvalue weighted by Crippen LogP contribution is 2.45. The Bertz CT molecular complexity index is 498. The first kappa shape index (κ1) is 14.0. The van der Waals surface area contributed by atoms with Crippen LogP contribution in [0.4, 0.5) is 0 Å². The van der Waals surface area contributed by atoms with Crippen molar-refractivity contribution in [3.8, 4) is 0 Å². The molecule has 2 aliphatic rings. The maximum atomic E-state index is 11.8. The van der Waals surface area contributed by atoms with E-state index in [0.29, 0.717) is 12.5 Å². The van der Waals surface area contributed by atoms with E-state index in [2.05, 4.69) is 9.88 Å². The molecule has 0 amide bonds. The van der Waals surface area contributed by atoms with Crippen LogP contribution in [0, 0.1) is 18.3 Å². The summed E-state index contributed by atoms with van der Waals surface area (Å²) in [5.41, 5.74) is 2.46. The van der Waals surface area contributed by atoms with Gasteiger partial charge in [-0.1, -0.05) is 12.8 Å². The van der Waals surface area contributed by atoms with Gasteiger partial charge in [0.15, 0.2) is 0 Å². The SMILES string of the molecule is Cc1ncsc1CN1CCC[C@@](CC2CC2)(C(=O)O)C1. The van der Waals surface area contributed by atoms with Gasteiger partial charge in [0.1, 0.15) is 0 Å². The van der Waals surface area contributed by atoms with Crippen molar-refractivity contribution in [1.29, 1.82) is 0 Å². The lowest BCUT2D eigenvalue weighted by Gasteiger charge is -2.40. The van der Waals surface area contributed by atoms with Crippen LogP contribution < -0.4 is 0 Å². The first-order chi connectivity index (χ1) is 9.59. The number of likely N-dealkylation sites (tertiary alicyclic amines) is 1. The smallest absolute Gasteiger partial charge is 0.310 e. The lowest BCUT2D eigenvalue weighted by molar-refractivity contribution is -0.153. The highest BCUT2D eigenvalue weighted by molar-refractivity contribution is 7.09. The van der Waals surface area contributed by atoms with Crippen LogP contribution in [-0.2, 0) is 11.3 Å². The van der Waals surface area contributed by atoms with Crippen molar-refractivity contribution in [3.05, 3.63) is 16.1 Å². The van der Waals surface area contributed by atoms with Crippen LogP contribution in [0.15, 0.2) is 5.51 Å². The first-order valence-corrected chi connectivity index (χ1v) is 8.32. The summed E-state index contributed by atoms with van der Waals surface area (Å²) in [5.74, 6) is 0.0753. The molecule has 2 heterocycles. The molecule has 1 aromatic rings. The van der Waals surface area contributed by atoms with Gasteiger partial charge in [-0.3, -0.25) is 9.69 Å². The maximum absolute atomic E-state index is 11.8. The van der Waals surface area contributed by atoms with Gasteiger partial charge >= 0.3 is 5.97 Å². The van der Waals surface area contributed by atoms with Crippen molar-refractivity contribution >= 4 is 17.3 Å². The number of aromatic nitrogens is 1. The average Bonchev–Trinajstić information content (AvgIpc) is 3.13. The topological polar surface area (TPSA) is 53.4 Å². The van der Waals surface area contributed by atoms with Crippen LogP contribution in [-0.4, -0.2) is 34.0 Å². The Balaban J connectivity index is 1.70. The number of piperidine rings is 1. The third-order valence-corrected chi connectivity index (χ3v) is 5.62. The van der Waals surface area contributed by atoms with Gasteiger partial charge in [0.2, 0.25) is 0 Å². The van der Waals surface area contributed by atoms with E-state index >= 15 is 0 Å². The fraction of sp³-hybridized carbons (Fsp3) is 0.733. The molecule has 1 aliphatic carbocycles. The van der Waals surface area contributed by atoms with Crippen molar-refractivity contribution in [3.63, 3.8) is 0 Å². The molecule has 0 spiro atoms. The minimum atomic E-state index is -0.588. The quantitative estimate of drug-likeness (QED) is 0.907. The molecular weight excluding hydrogens is 272 g/mol. The van der Waals surface area contributed by atoms with E-state index in [-0.39, 0.29) is 0 Å². The number of carbonyl (C=O) groups is 1. The molecule has 20 heavy (non-hydrogen) atoms. The maximum Gasteiger partial charge on any atom is 0.310 e. The number of aryl methyl sites for hydroxylation is 1. The predicted molar refractivity (Wildman–Crippen MR) is 78.8 cm³/mol. The average molecular weight is 294 g/mol. The number of aliphatic carboxylic acids is 1. The van der Waals surface area contributed by atoms with Crippen LogP contribution in [0.3, 0.4) is 0 Å². The highest BCUT2D eigenvalue weighted by Gasteiger charge is 2.45. The van der Waals surface area contributed by atoms with Crippen molar-refractivity contribution < 1.29 is 9.90 Å². The summed E-state index contributed by atoms with van der Waals surface area (Å²) in [6, 6.07) is 0. The summed E-state index contributed by atoms with van der Waals surface area (Å²) in [6.45, 7) is 4.60. The zero-order chi connectivity index (χ0) is 14.2. The third-order valence-electron chi connectivity index (χ3n) is 4.70. The van der Waals surface area contributed by atoms with Gasteiger partial charge in [0, 0.05) is 18.0 Å². The number of nitrogens with zero attached hydrogens (tertiary/aromatic N) is 2. The van der Waals surface area contributed by atoms with E-state index in [1.807, 2.05) is 12.4 Å². The molecule has 2 fully saturated rings. The Morgan fingerprint density at radius 3 is 3.00 bits per heavy atom. The monoisotopic (exact) mass is 294 g/mol. The van der Waals surface area contributed by atoms with Crippen molar-refractivity contribution in [2.75, 3.05) is 13.1 Å². The van der Waals surface area contributed by atoms with Gasteiger partial charge in [0.25, 0.3) is 0 Å². The van der Waals surface area contributed by atoms with Gasteiger partial charge in [-0.2, -0.15) is 0 Å². The molecule has 110 valence electrons. The molecule has 1 atom stereocenters. The van der Waals surface area contributed by atoms with Gasteiger partial charge < -0.3 is 5.11 Å². The number of rotatable bonds is 5. The Morgan fingerprint density at radius 2 is 2.40 bits per heavy atom. The number of hydrogen-bond acceptors (Lipinski definition) is 4. The second-order valence-electron chi connectivity index (χ2n) is 6.41. The van der Waals surface area contributed by atoms with Gasteiger partial charge in [0.05, 0.1) is 16.6 Å².